The highest BCUT2D eigenvalue weighted by Crippen LogP contribution is 2.14. The second-order valence-corrected chi connectivity index (χ2v) is 7.40. The van der Waals surface area contributed by atoms with Crippen LogP contribution in [0.15, 0.2) is 29.3 Å². The predicted molar refractivity (Wildman–Crippen MR) is 115 cm³/mol. The quantitative estimate of drug-likeness (QED) is 0.242. The van der Waals surface area contributed by atoms with Crippen molar-refractivity contribution < 1.29 is 9.18 Å². The highest BCUT2D eigenvalue weighted by Gasteiger charge is 2.13. The Balaban J connectivity index is 0.00000576. The second kappa shape index (κ2) is 12.3. The average Bonchev–Trinajstić information content (AvgIpc) is 2.50. The predicted octanol–water partition coefficient (Wildman–Crippen LogP) is 2.76. The number of benzene rings is 1. The molecule has 0 saturated heterocycles. The van der Waals surface area contributed by atoms with Gasteiger partial charge in [-0.2, -0.15) is 11.8 Å². The van der Waals surface area contributed by atoms with E-state index in [2.05, 4.69) is 20.9 Å². The van der Waals surface area contributed by atoms with Gasteiger partial charge in [0, 0.05) is 30.6 Å². The highest BCUT2D eigenvalue weighted by molar-refractivity contribution is 14.0. The lowest BCUT2D eigenvalue weighted by molar-refractivity contribution is -0.121. The van der Waals surface area contributed by atoms with E-state index in [4.69, 9.17) is 0 Å². The summed E-state index contributed by atoms with van der Waals surface area (Å²) < 4.78 is 13.5. The molecule has 142 valence electrons. The number of amides is 1. The number of nitrogens with one attached hydrogen (secondary N) is 3. The molecule has 0 aromatic heterocycles. The van der Waals surface area contributed by atoms with Crippen LogP contribution in [0.5, 0.6) is 0 Å². The summed E-state index contributed by atoms with van der Waals surface area (Å²) in [4.78, 5) is 15.8. The molecule has 0 spiro atoms. The van der Waals surface area contributed by atoms with Crippen LogP contribution in [0.1, 0.15) is 26.3 Å². The number of carbonyl (C=O) groups is 1. The first-order valence-corrected chi connectivity index (χ1v) is 9.04. The molecule has 0 bridgehead atoms. The van der Waals surface area contributed by atoms with E-state index >= 15 is 0 Å². The SMILES string of the molecule is CN=C(NCCSCc1ccccc1F)NCC(=O)NC(C)(C)C.I. The van der Waals surface area contributed by atoms with E-state index in [0.717, 1.165) is 5.75 Å². The Morgan fingerprint density at radius 3 is 2.52 bits per heavy atom. The normalized spacial score (nSPS) is 11.5. The fourth-order valence-electron chi connectivity index (χ4n) is 1.89. The number of guanidine groups is 1. The van der Waals surface area contributed by atoms with Crippen molar-refractivity contribution in [3.8, 4) is 0 Å². The third-order valence-electron chi connectivity index (χ3n) is 2.91. The minimum absolute atomic E-state index is 0. The highest BCUT2D eigenvalue weighted by atomic mass is 127. The monoisotopic (exact) mass is 482 g/mol. The molecule has 0 atom stereocenters. The molecule has 1 aromatic rings. The number of hydrogen-bond acceptors (Lipinski definition) is 3. The van der Waals surface area contributed by atoms with Gasteiger partial charge in [-0.3, -0.25) is 9.79 Å². The van der Waals surface area contributed by atoms with Crippen LogP contribution < -0.4 is 16.0 Å². The summed E-state index contributed by atoms with van der Waals surface area (Å²) in [7, 11) is 1.66. The Morgan fingerprint density at radius 2 is 1.92 bits per heavy atom. The van der Waals surface area contributed by atoms with Crippen molar-refractivity contribution in [3.63, 3.8) is 0 Å². The van der Waals surface area contributed by atoms with Gasteiger partial charge < -0.3 is 16.0 Å². The van der Waals surface area contributed by atoms with Crippen molar-refractivity contribution in [2.75, 3.05) is 25.9 Å². The number of aliphatic imine (C=N–C) groups is 1. The van der Waals surface area contributed by atoms with Crippen LogP contribution in [0.25, 0.3) is 0 Å². The Bertz CT molecular complexity index is 564. The third-order valence-corrected chi connectivity index (χ3v) is 3.92. The Hall–Kier alpha value is -1.03. The van der Waals surface area contributed by atoms with E-state index in [1.54, 1.807) is 30.9 Å². The standard InChI is InChI=1S/C17H27FN4OS.HI/c1-17(2,3)22-15(23)11-21-16(19-4)20-9-10-24-12-13-7-5-6-8-14(13)18;/h5-8H,9-12H2,1-4H3,(H,22,23)(H2,19,20,21);1H. The number of hydrogen-bond donors (Lipinski definition) is 3. The zero-order valence-electron chi connectivity index (χ0n) is 15.2. The van der Waals surface area contributed by atoms with Gasteiger partial charge in [0.25, 0.3) is 0 Å². The summed E-state index contributed by atoms with van der Waals surface area (Å²) in [5, 5.41) is 8.97. The fourth-order valence-corrected chi connectivity index (χ4v) is 2.73. The molecule has 0 fully saturated rings. The van der Waals surface area contributed by atoms with Crippen LogP contribution in [-0.2, 0) is 10.5 Å². The molecule has 3 N–H and O–H groups in total. The van der Waals surface area contributed by atoms with E-state index in [-0.39, 0.29) is 47.8 Å². The molecule has 1 aromatic carbocycles. The summed E-state index contributed by atoms with van der Waals surface area (Å²) in [5.41, 5.74) is 0.461. The van der Waals surface area contributed by atoms with Crippen LogP contribution in [0, 0.1) is 5.82 Å². The van der Waals surface area contributed by atoms with E-state index < -0.39 is 0 Å². The number of halogens is 2. The molecule has 0 saturated carbocycles. The van der Waals surface area contributed by atoms with Gasteiger partial charge in [0.15, 0.2) is 5.96 Å². The summed E-state index contributed by atoms with van der Waals surface area (Å²) in [6, 6.07) is 6.80. The largest absolute Gasteiger partial charge is 0.356 e. The molecule has 8 heteroatoms. The van der Waals surface area contributed by atoms with Gasteiger partial charge >= 0.3 is 0 Å². The molecular weight excluding hydrogens is 454 g/mol. The van der Waals surface area contributed by atoms with Gasteiger partial charge in [-0.05, 0) is 32.4 Å². The van der Waals surface area contributed by atoms with E-state index in [9.17, 15) is 9.18 Å². The van der Waals surface area contributed by atoms with Gasteiger partial charge in [-0.1, -0.05) is 18.2 Å². The molecule has 25 heavy (non-hydrogen) atoms. The van der Waals surface area contributed by atoms with Crippen molar-refractivity contribution in [1.29, 1.82) is 0 Å². The smallest absolute Gasteiger partial charge is 0.239 e. The topological polar surface area (TPSA) is 65.5 Å². The number of carbonyl (C=O) groups excluding carboxylic acids is 1. The van der Waals surface area contributed by atoms with Gasteiger partial charge in [0.2, 0.25) is 5.91 Å². The fraction of sp³-hybridized carbons (Fsp3) is 0.529. The molecule has 0 unspecified atom stereocenters. The van der Waals surface area contributed by atoms with Crippen LogP contribution in [0.2, 0.25) is 0 Å². The zero-order valence-corrected chi connectivity index (χ0v) is 18.3. The lowest BCUT2D eigenvalue weighted by atomic mass is 10.1. The molecule has 0 heterocycles. The van der Waals surface area contributed by atoms with E-state index in [0.29, 0.717) is 23.8 Å². The Kier molecular flexibility index (Phi) is 11.8. The Morgan fingerprint density at radius 1 is 1.24 bits per heavy atom. The summed E-state index contributed by atoms with van der Waals surface area (Å²) in [5.74, 6) is 1.77. The third kappa shape index (κ3) is 11.2. The van der Waals surface area contributed by atoms with Crippen LogP contribution in [0.4, 0.5) is 4.39 Å². The van der Waals surface area contributed by atoms with Gasteiger partial charge in [-0.15, -0.1) is 24.0 Å². The van der Waals surface area contributed by atoms with Crippen molar-refractivity contribution in [2.45, 2.75) is 32.1 Å². The molecule has 0 aliphatic rings. The number of rotatable bonds is 7. The van der Waals surface area contributed by atoms with E-state index in [1.165, 1.54) is 6.07 Å². The number of nitrogens with zero attached hydrogens (tertiary/aromatic N) is 1. The van der Waals surface area contributed by atoms with Crippen molar-refractivity contribution in [1.82, 2.24) is 16.0 Å². The van der Waals surface area contributed by atoms with Crippen molar-refractivity contribution in [2.24, 2.45) is 4.99 Å². The molecule has 5 nitrogen and oxygen atoms in total. The maximum absolute atomic E-state index is 13.5. The minimum atomic E-state index is -0.251. The summed E-state index contributed by atoms with van der Waals surface area (Å²) in [6.07, 6.45) is 0. The average molecular weight is 482 g/mol. The summed E-state index contributed by atoms with van der Waals surface area (Å²) >= 11 is 1.64. The molecule has 0 aliphatic carbocycles. The number of thioether (sulfide) groups is 1. The first kappa shape index (κ1) is 24.0. The maximum Gasteiger partial charge on any atom is 0.239 e. The van der Waals surface area contributed by atoms with Gasteiger partial charge in [0.05, 0.1) is 6.54 Å². The van der Waals surface area contributed by atoms with Crippen LogP contribution in [-0.4, -0.2) is 43.3 Å². The van der Waals surface area contributed by atoms with Crippen molar-refractivity contribution in [3.05, 3.63) is 35.6 Å². The summed E-state index contributed by atoms with van der Waals surface area (Å²) in [6.45, 7) is 6.65. The second-order valence-electron chi connectivity index (χ2n) is 6.29. The zero-order chi connectivity index (χ0) is 18.0. The van der Waals surface area contributed by atoms with Gasteiger partial charge in [0.1, 0.15) is 5.82 Å². The molecule has 0 radical (unpaired) electrons. The molecule has 1 amide bonds. The molecule has 1 rings (SSSR count). The Labute approximate surface area is 171 Å². The van der Waals surface area contributed by atoms with E-state index in [1.807, 2.05) is 26.8 Å². The maximum atomic E-state index is 13.5. The van der Waals surface area contributed by atoms with Crippen LogP contribution >= 0.6 is 35.7 Å². The van der Waals surface area contributed by atoms with Crippen LogP contribution in [0.3, 0.4) is 0 Å². The first-order valence-electron chi connectivity index (χ1n) is 7.88. The lowest BCUT2D eigenvalue weighted by Gasteiger charge is -2.21. The first-order chi connectivity index (χ1) is 11.3. The van der Waals surface area contributed by atoms with Gasteiger partial charge in [-0.25, -0.2) is 4.39 Å². The lowest BCUT2D eigenvalue weighted by Crippen LogP contribution is -2.48. The molecule has 0 aliphatic heterocycles. The van der Waals surface area contributed by atoms with Crippen molar-refractivity contribution >= 4 is 47.6 Å². The molecular formula is C17H28FIN4OS. The minimum Gasteiger partial charge on any atom is -0.356 e.